The van der Waals surface area contributed by atoms with Crippen molar-refractivity contribution in [3.63, 3.8) is 0 Å². The van der Waals surface area contributed by atoms with Crippen molar-refractivity contribution in [2.24, 2.45) is 0 Å². The predicted molar refractivity (Wildman–Crippen MR) is 59.9 cm³/mol. The maximum absolute atomic E-state index is 11.0. The number of pyridine rings is 1. The molecule has 0 aromatic carbocycles. The Morgan fingerprint density at radius 1 is 1.67 bits per heavy atom. The van der Waals surface area contributed by atoms with E-state index in [9.17, 15) is 4.79 Å². The molecule has 1 aromatic heterocycles. The third-order valence-electron chi connectivity index (χ3n) is 2.55. The van der Waals surface area contributed by atoms with Gasteiger partial charge in [-0.3, -0.25) is 0 Å². The number of carboxylic acid groups (broad SMARTS) is 1. The highest BCUT2D eigenvalue weighted by Gasteiger charge is 2.32. The molecule has 1 unspecified atom stereocenters. The average molecular weight is 271 g/mol. The zero-order valence-corrected chi connectivity index (χ0v) is 9.64. The van der Waals surface area contributed by atoms with Crippen molar-refractivity contribution < 1.29 is 9.90 Å². The Kier molecular flexibility index (Phi) is 2.90. The lowest BCUT2D eigenvalue weighted by atomic mass is 10.2. The van der Waals surface area contributed by atoms with Gasteiger partial charge in [0, 0.05) is 12.7 Å². The summed E-state index contributed by atoms with van der Waals surface area (Å²) in [6, 6.07) is 3.26. The number of carbonyl (C=O) groups is 1. The van der Waals surface area contributed by atoms with E-state index in [-0.39, 0.29) is 0 Å². The largest absolute Gasteiger partial charge is 0.480 e. The number of rotatable bonds is 2. The molecule has 15 heavy (non-hydrogen) atoms. The number of halogens is 1. The first-order valence-electron chi connectivity index (χ1n) is 4.80. The topological polar surface area (TPSA) is 53.4 Å². The van der Waals surface area contributed by atoms with Crippen LogP contribution in [0.5, 0.6) is 0 Å². The van der Waals surface area contributed by atoms with Gasteiger partial charge in [0.15, 0.2) is 0 Å². The summed E-state index contributed by atoms with van der Waals surface area (Å²) >= 11 is 3.39. The Morgan fingerprint density at radius 3 is 3.13 bits per heavy atom. The first-order chi connectivity index (χ1) is 7.20. The van der Waals surface area contributed by atoms with Gasteiger partial charge in [0.1, 0.15) is 11.9 Å². The van der Waals surface area contributed by atoms with Gasteiger partial charge in [-0.1, -0.05) is 0 Å². The molecule has 1 aliphatic heterocycles. The minimum atomic E-state index is -0.773. The van der Waals surface area contributed by atoms with E-state index >= 15 is 0 Å². The SMILES string of the molecule is O=C(O)C1CCCN1c1ncccc1Br. The van der Waals surface area contributed by atoms with Gasteiger partial charge in [-0.25, -0.2) is 9.78 Å². The van der Waals surface area contributed by atoms with Gasteiger partial charge in [0.25, 0.3) is 0 Å². The molecule has 0 amide bonds. The zero-order chi connectivity index (χ0) is 10.8. The lowest BCUT2D eigenvalue weighted by molar-refractivity contribution is -0.138. The minimum absolute atomic E-state index is 0.434. The van der Waals surface area contributed by atoms with Crippen molar-refractivity contribution in [2.75, 3.05) is 11.4 Å². The van der Waals surface area contributed by atoms with E-state index in [2.05, 4.69) is 20.9 Å². The molecular formula is C10H11BrN2O2. The molecule has 1 fully saturated rings. The number of hydrogen-bond acceptors (Lipinski definition) is 3. The number of anilines is 1. The van der Waals surface area contributed by atoms with Gasteiger partial charge in [-0.05, 0) is 40.9 Å². The Bertz CT molecular complexity index is 383. The second-order valence-corrected chi connectivity index (χ2v) is 4.35. The molecule has 1 aromatic rings. The van der Waals surface area contributed by atoms with Crippen LogP contribution in [0.3, 0.4) is 0 Å². The standard InChI is InChI=1S/C10H11BrN2O2/c11-7-3-1-5-12-9(7)13-6-2-4-8(13)10(14)15/h1,3,5,8H,2,4,6H2,(H,14,15). The smallest absolute Gasteiger partial charge is 0.326 e. The molecule has 1 aliphatic rings. The maximum atomic E-state index is 11.0. The van der Waals surface area contributed by atoms with Crippen LogP contribution in [0.4, 0.5) is 5.82 Å². The highest BCUT2D eigenvalue weighted by molar-refractivity contribution is 9.10. The third kappa shape index (κ3) is 1.97. The Labute approximate surface area is 96.1 Å². The maximum Gasteiger partial charge on any atom is 0.326 e. The molecule has 2 heterocycles. The van der Waals surface area contributed by atoms with Gasteiger partial charge < -0.3 is 10.0 Å². The van der Waals surface area contributed by atoms with Crippen LogP contribution in [0.2, 0.25) is 0 Å². The van der Waals surface area contributed by atoms with Crippen LogP contribution in [0, 0.1) is 0 Å². The van der Waals surface area contributed by atoms with Crippen molar-refractivity contribution >= 4 is 27.7 Å². The van der Waals surface area contributed by atoms with Crippen LogP contribution in [-0.4, -0.2) is 28.6 Å². The summed E-state index contributed by atoms with van der Waals surface area (Å²) in [4.78, 5) is 17.1. The number of carboxylic acids is 1. The summed E-state index contributed by atoms with van der Waals surface area (Å²) in [5, 5.41) is 9.05. The van der Waals surface area contributed by atoms with Crippen LogP contribution in [0.15, 0.2) is 22.8 Å². The van der Waals surface area contributed by atoms with Gasteiger partial charge >= 0.3 is 5.97 Å². The van der Waals surface area contributed by atoms with Crippen LogP contribution in [0.1, 0.15) is 12.8 Å². The molecule has 1 N–H and O–H groups in total. The van der Waals surface area contributed by atoms with E-state index < -0.39 is 12.0 Å². The highest BCUT2D eigenvalue weighted by Crippen LogP contribution is 2.29. The second-order valence-electron chi connectivity index (χ2n) is 3.50. The molecule has 80 valence electrons. The molecule has 1 atom stereocenters. The van der Waals surface area contributed by atoms with E-state index in [0.717, 1.165) is 23.3 Å². The number of aromatic nitrogens is 1. The lowest BCUT2D eigenvalue weighted by Crippen LogP contribution is -2.36. The number of nitrogens with zero attached hydrogens (tertiary/aromatic N) is 2. The Balaban J connectivity index is 2.30. The van der Waals surface area contributed by atoms with Crippen molar-refractivity contribution in [3.8, 4) is 0 Å². The summed E-state index contributed by atoms with van der Waals surface area (Å²) in [6.45, 7) is 0.757. The predicted octanol–water partition coefficient (Wildman–Crippen LogP) is 1.90. The highest BCUT2D eigenvalue weighted by atomic mass is 79.9. The number of hydrogen-bond donors (Lipinski definition) is 1. The van der Waals surface area contributed by atoms with Crippen molar-refractivity contribution in [1.29, 1.82) is 0 Å². The average Bonchev–Trinajstić information content (AvgIpc) is 2.67. The molecule has 5 heteroatoms. The fourth-order valence-corrected chi connectivity index (χ4v) is 2.35. The molecule has 2 rings (SSSR count). The molecular weight excluding hydrogens is 260 g/mol. The van der Waals surface area contributed by atoms with Gasteiger partial charge in [0.2, 0.25) is 0 Å². The summed E-state index contributed by atoms with van der Waals surface area (Å²) in [6.07, 6.45) is 3.27. The fourth-order valence-electron chi connectivity index (χ4n) is 1.87. The molecule has 4 nitrogen and oxygen atoms in total. The minimum Gasteiger partial charge on any atom is -0.480 e. The van der Waals surface area contributed by atoms with Crippen molar-refractivity contribution in [3.05, 3.63) is 22.8 Å². The van der Waals surface area contributed by atoms with Gasteiger partial charge in [-0.15, -0.1) is 0 Å². The van der Waals surface area contributed by atoms with E-state index in [4.69, 9.17) is 5.11 Å². The Hall–Kier alpha value is -1.10. The first kappa shape index (κ1) is 10.4. The van der Waals surface area contributed by atoms with Crippen molar-refractivity contribution in [1.82, 2.24) is 4.98 Å². The summed E-state index contributed by atoms with van der Waals surface area (Å²) in [7, 11) is 0. The van der Waals surface area contributed by atoms with Crippen molar-refractivity contribution in [2.45, 2.75) is 18.9 Å². The quantitative estimate of drug-likeness (QED) is 0.892. The van der Waals surface area contributed by atoms with Crippen LogP contribution in [0.25, 0.3) is 0 Å². The van der Waals surface area contributed by atoms with Gasteiger partial charge in [-0.2, -0.15) is 0 Å². The fraction of sp³-hybridized carbons (Fsp3) is 0.400. The zero-order valence-electron chi connectivity index (χ0n) is 8.06. The molecule has 1 saturated heterocycles. The molecule has 0 saturated carbocycles. The molecule has 0 radical (unpaired) electrons. The summed E-state index contributed by atoms with van der Waals surface area (Å²) < 4.78 is 0.846. The summed E-state index contributed by atoms with van der Waals surface area (Å²) in [5.74, 6) is -0.0487. The van der Waals surface area contributed by atoms with E-state index in [0.29, 0.717) is 6.42 Å². The first-order valence-corrected chi connectivity index (χ1v) is 5.59. The second kappa shape index (κ2) is 4.18. The van der Waals surface area contributed by atoms with E-state index in [1.165, 1.54) is 0 Å². The van der Waals surface area contributed by atoms with Crippen LogP contribution >= 0.6 is 15.9 Å². The lowest BCUT2D eigenvalue weighted by Gasteiger charge is -2.23. The van der Waals surface area contributed by atoms with E-state index in [1.807, 2.05) is 17.0 Å². The van der Waals surface area contributed by atoms with Crippen LogP contribution in [-0.2, 0) is 4.79 Å². The normalized spacial score (nSPS) is 20.6. The molecule has 0 spiro atoms. The molecule has 0 bridgehead atoms. The monoisotopic (exact) mass is 270 g/mol. The van der Waals surface area contributed by atoms with Crippen LogP contribution < -0.4 is 4.90 Å². The Morgan fingerprint density at radius 2 is 2.47 bits per heavy atom. The number of aliphatic carboxylic acids is 1. The third-order valence-corrected chi connectivity index (χ3v) is 3.17. The summed E-state index contributed by atoms with van der Waals surface area (Å²) in [5.41, 5.74) is 0. The molecule has 0 aliphatic carbocycles. The van der Waals surface area contributed by atoms with E-state index in [1.54, 1.807) is 6.20 Å². The van der Waals surface area contributed by atoms with Gasteiger partial charge in [0.05, 0.1) is 4.47 Å².